The third-order valence-electron chi connectivity index (χ3n) is 10.4. The maximum atomic E-state index is 13.4. The zero-order chi connectivity index (χ0) is 45.5. The van der Waals surface area contributed by atoms with Crippen LogP contribution in [0.2, 0.25) is 0 Å². The van der Waals surface area contributed by atoms with Gasteiger partial charge in [-0.25, -0.2) is 18.7 Å². The Morgan fingerprint density at radius 2 is 1.48 bits per heavy atom. The predicted octanol–water partition coefficient (Wildman–Crippen LogP) is -6.12. The standard InChI is InChI=1S/C31H47N5O24P2/c1-12-6-36(30(47)34-27(12)45)21-5-14(15(7-37)54-21)59-61(48,49)53-10-18-25(26(44)31(11-39,57-18)58-28-24(43)23(42)22(41)16(8-38)56-28)60-62(50,51)52-9-17-13(40)4-20(55-17)35-3-2-19(32)33-29(35)46/h2-3,6,13-18,20-26,28,37-44H,4-5,7-11H2,1H3,(H,48,49)(H,50,51)(H2,32,33,46)(H,34,45,47)/t13-,14-,15+,16+,17+,18+,20+,21+,22+,23-,24+,25+,26-,28+,31-/m0/s1. The maximum absolute atomic E-state index is 13.4. The molecule has 350 valence electrons. The Bertz CT molecular complexity index is 2160. The SMILES string of the molecule is Cc1cn([C@H]2C[C@H](OP(=O)(O)OC[C@H]3O[C@@](CO)(O[C@H]4O[C@H](CO)[C@@H](O)[C@H](O)[C@H]4O)[C@@H](O)[C@@H]3OP(=O)(O)OC[C@H]3O[C@@H](n4ccc(N)nc4=O)C[C@@H]3O)[C@@H](CO)O2)c(=O)[nH]c1=O. The molecular weight excluding hydrogens is 888 g/mol. The minimum absolute atomic E-state index is 0.0897. The monoisotopic (exact) mass is 935 g/mol. The molecule has 0 bridgehead atoms. The van der Waals surface area contributed by atoms with Crippen LogP contribution < -0.4 is 22.7 Å². The molecule has 0 aliphatic carbocycles. The number of aliphatic hydroxyl groups excluding tert-OH is 8. The summed E-state index contributed by atoms with van der Waals surface area (Å²) in [6, 6.07) is 1.28. The molecule has 2 aromatic heterocycles. The molecule has 62 heavy (non-hydrogen) atoms. The van der Waals surface area contributed by atoms with E-state index in [4.69, 9.17) is 47.5 Å². The summed E-state index contributed by atoms with van der Waals surface area (Å²) in [4.78, 5) is 63.8. The second-order valence-corrected chi connectivity index (χ2v) is 17.4. The number of aromatic amines is 1. The molecule has 0 saturated carbocycles. The van der Waals surface area contributed by atoms with Gasteiger partial charge in [-0.1, -0.05) is 0 Å². The fourth-order valence-electron chi connectivity index (χ4n) is 7.08. The molecule has 29 nitrogen and oxygen atoms in total. The lowest BCUT2D eigenvalue weighted by atomic mass is 9.99. The van der Waals surface area contributed by atoms with Crippen LogP contribution in [-0.2, 0) is 50.9 Å². The molecule has 6 rings (SSSR count). The number of H-pyrrole nitrogens is 1. The van der Waals surface area contributed by atoms with Crippen LogP contribution in [0.3, 0.4) is 0 Å². The van der Waals surface area contributed by atoms with Crippen molar-refractivity contribution in [2.45, 2.75) is 111 Å². The van der Waals surface area contributed by atoms with Gasteiger partial charge in [0.1, 0.15) is 85.9 Å². The molecule has 2 aromatic rings. The Balaban J connectivity index is 1.18. The first-order chi connectivity index (χ1) is 29.1. The van der Waals surface area contributed by atoms with Crippen molar-refractivity contribution >= 4 is 21.5 Å². The van der Waals surface area contributed by atoms with E-state index in [0.29, 0.717) is 0 Å². The predicted molar refractivity (Wildman–Crippen MR) is 196 cm³/mol. The molecule has 0 radical (unpaired) electrons. The number of phosphoric acid groups is 2. The molecule has 4 saturated heterocycles. The van der Waals surface area contributed by atoms with Crippen molar-refractivity contribution in [3.05, 3.63) is 55.3 Å². The van der Waals surface area contributed by atoms with E-state index in [0.717, 1.165) is 15.3 Å². The van der Waals surface area contributed by atoms with E-state index in [1.807, 2.05) is 0 Å². The van der Waals surface area contributed by atoms with Crippen molar-refractivity contribution in [2.24, 2.45) is 0 Å². The summed E-state index contributed by atoms with van der Waals surface area (Å²) in [5, 5.41) is 83.2. The Kier molecular flexibility index (Phi) is 15.1. The first-order valence-electron chi connectivity index (χ1n) is 18.6. The second kappa shape index (κ2) is 19.3. The van der Waals surface area contributed by atoms with E-state index >= 15 is 0 Å². The van der Waals surface area contributed by atoms with Crippen LogP contribution in [-0.4, -0.2) is 182 Å². The van der Waals surface area contributed by atoms with Crippen LogP contribution in [0, 0.1) is 6.92 Å². The molecule has 4 aliphatic heterocycles. The molecule has 2 unspecified atom stereocenters. The molecule has 31 heteroatoms. The average molecular weight is 936 g/mol. The van der Waals surface area contributed by atoms with E-state index in [1.54, 1.807) is 0 Å². The van der Waals surface area contributed by atoms with Crippen molar-refractivity contribution in [2.75, 3.05) is 38.8 Å². The molecule has 4 fully saturated rings. The number of aryl methyl sites for hydroxylation is 1. The lowest BCUT2D eigenvalue weighted by Crippen LogP contribution is -2.62. The third-order valence-corrected chi connectivity index (χ3v) is 12.4. The van der Waals surface area contributed by atoms with Gasteiger partial charge in [-0.3, -0.25) is 37.0 Å². The van der Waals surface area contributed by atoms with Crippen LogP contribution >= 0.6 is 15.6 Å². The number of hydrogen-bond donors (Lipinski definition) is 12. The van der Waals surface area contributed by atoms with Crippen LogP contribution in [0.15, 0.2) is 32.8 Å². The summed E-state index contributed by atoms with van der Waals surface area (Å²) in [6.45, 7) is -3.85. The third kappa shape index (κ3) is 10.4. The van der Waals surface area contributed by atoms with Crippen LogP contribution in [0.25, 0.3) is 0 Å². The van der Waals surface area contributed by atoms with Crippen molar-refractivity contribution in [3.8, 4) is 0 Å². The Labute approximate surface area is 347 Å². The normalized spacial score (nSPS) is 38.2. The number of nitrogen functional groups attached to an aromatic ring is 1. The number of aliphatic hydroxyl groups is 8. The van der Waals surface area contributed by atoms with Crippen molar-refractivity contribution in [3.63, 3.8) is 0 Å². The number of nitrogens with two attached hydrogens (primary N) is 1. The molecule has 17 atom stereocenters. The summed E-state index contributed by atoms with van der Waals surface area (Å²) >= 11 is 0. The first-order valence-corrected chi connectivity index (χ1v) is 21.6. The van der Waals surface area contributed by atoms with E-state index in [-0.39, 0.29) is 24.2 Å². The highest BCUT2D eigenvalue weighted by atomic mass is 31.2. The van der Waals surface area contributed by atoms with Gasteiger partial charge in [0.05, 0.1) is 32.5 Å². The van der Waals surface area contributed by atoms with Crippen LogP contribution in [0.4, 0.5) is 5.82 Å². The van der Waals surface area contributed by atoms with Gasteiger partial charge < -0.3 is 80.1 Å². The van der Waals surface area contributed by atoms with E-state index in [9.17, 15) is 74.2 Å². The summed E-state index contributed by atoms with van der Waals surface area (Å²) in [5.74, 6) is -2.96. The number of aromatic nitrogens is 4. The van der Waals surface area contributed by atoms with Gasteiger partial charge in [0.2, 0.25) is 5.79 Å². The number of anilines is 1. The maximum Gasteiger partial charge on any atom is 0.472 e. The van der Waals surface area contributed by atoms with Gasteiger partial charge in [-0.15, -0.1) is 0 Å². The van der Waals surface area contributed by atoms with Gasteiger partial charge in [-0.2, -0.15) is 4.98 Å². The minimum atomic E-state index is -5.47. The minimum Gasteiger partial charge on any atom is -0.394 e. The van der Waals surface area contributed by atoms with Crippen molar-refractivity contribution < 1.29 is 102 Å². The van der Waals surface area contributed by atoms with Gasteiger partial charge in [0.15, 0.2) is 6.29 Å². The fraction of sp³-hybridized carbons (Fsp3) is 0.742. The average Bonchev–Trinajstić information content (AvgIpc) is 3.87. The Morgan fingerprint density at radius 3 is 2.13 bits per heavy atom. The summed E-state index contributed by atoms with van der Waals surface area (Å²) in [6.07, 6.45) is -22.5. The first kappa shape index (κ1) is 48.5. The van der Waals surface area contributed by atoms with Gasteiger partial charge in [0.25, 0.3) is 5.56 Å². The van der Waals surface area contributed by atoms with Gasteiger partial charge >= 0.3 is 27.0 Å². The highest BCUT2D eigenvalue weighted by Crippen LogP contribution is 2.52. The molecule has 6 heterocycles. The molecule has 0 aromatic carbocycles. The van der Waals surface area contributed by atoms with E-state index in [1.165, 1.54) is 19.2 Å². The largest absolute Gasteiger partial charge is 0.472 e. The van der Waals surface area contributed by atoms with E-state index < -0.39 is 157 Å². The molecule has 13 N–H and O–H groups in total. The molecule has 4 aliphatic rings. The summed E-state index contributed by atoms with van der Waals surface area (Å²) in [7, 11) is -10.8. The van der Waals surface area contributed by atoms with Crippen molar-refractivity contribution in [1.29, 1.82) is 0 Å². The number of nitrogens with zero attached hydrogens (tertiary/aromatic N) is 3. The summed E-state index contributed by atoms with van der Waals surface area (Å²) in [5.41, 5.74) is 3.21. The number of rotatable bonds is 17. The quantitative estimate of drug-likeness (QED) is 0.0657. The smallest absolute Gasteiger partial charge is 0.394 e. The zero-order valence-corrected chi connectivity index (χ0v) is 34.1. The Hall–Kier alpha value is -2.94. The molecule has 0 spiro atoms. The lowest BCUT2D eigenvalue weighted by molar-refractivity contribution is -0.383. The zero-order valence-electron chi connectivity index (χ0n) is 32.3. The highest BCUT2D eigenvalue weighted by Gasteiger charge is 2.61. The molecular formula is C31H47N5O24P2. The van der Waals surface area contributed by atoms with Gasteiger partial charge in [-0.05, 0) is 13.0 Å². The lowest BCUT2D eigenvalue weighted by Gasteiger charge is -2.43. The number of hydrogen-bond acceptors (Lipinski definition) is 24. The highest BCUT2D eigenvalue weighted by molar-refractivity contribution is 7.47. The van der Waals surface area contributed by atoms with Crippen LogP contribution in [0.5, 0.6) is 0 Å². The second-order valence-electron chi connectivity index (χ2n) is 14.6. The fourth-order valence-corrected chi connectivity index (χ4v) is 8.99. The van der Waals surface area contributed by atoms with Crippen molar-refractivity contribution in [1.82, 2.24) is 19.1 Å². The number of nitrogens with one attached hydrogen (secondary N) is 1. The number of phosphoric ester groups is 2. The topological polar surface area (TPSA) is 435 Å². The summed E-state index contributed by atoms with van der Waals surface area (Å²) < 4.78 is 77.0. The van der Waals surface area contributed by atoms with E-state index in [2.05, 4.69) is 9.97 Å². The Morgan fingerprint density at radius 1 is 0.855 bits per heavy atom. The van der Waals surface area contributed by atoms with Crippen LogP contribution in [0.1, 0.15) is 30.9 Å². The number of ether oxygens (including phenoxy) is 5. The molecule has 0 amide bonds. The van der Waals surface area contributed by atoms with Gasteiger partial charge in [0, 0.05) is 30.8 Å².